The highest BCUT2D eigenvalue weighted by molar-refractivity contribution is 5.45. The molecule has 104 valence electrons. The van der Waals surface area contributed by atoms with Crippen molar-refractivity contribution in [2.75, 3.05) is 7.11 Å². The molecule has 0 bridgehead atoms. The Morgan fingerprint density at radius 3 is 2.75 bits per heavy atom. The third-order valence-electron chi connectivity index (χ3n) is 4.83. The van der Waals surface area contributed by atoms with E-state index in [1.54, 1.807) is 0 Å². The highest BCUT2D eigenvalue weighted by Gasteiger charge is 2.45. The lowest BCUT2D eigenvalue weighted by Gasteiger charge is -2.41. The molecule has 0 unspecified atom stereocenters. The van der Waals surface area contributed by atoms with Crippen LogP contribution in [-0.2, 0) is 4.74 Å². The van der Waals surface area contributed by atoms with Crippen LogP contribution in [0.1, 0.15) is 44.1 Å². The summed E-state index contributed by atoms with van der Waals surface area (Å²) in [6.45, 7) is 0. The first-order valence-electron chi connectivity index (χ1n) is 7.66. The number of methoxy groups -OCH3 is 1. The van der Waals surface area contributed by atoms with Crippen molar-refractivity contribution in [3.8, 4) is 11.8 Å². The van der Waals surface area contributed by atoms with Crippen LogP contribution in [0.2, 0.25) is 0 Å². The van der Waals surface area contributed by atoms with Gasteiger partial charge in [0.1, 0.15) is 0 Å². The van der Waals surface area contributed by atoms with Crippen LogP contribution in [0.5, 0.6) is 0 Å². The van der Waals surface area contributed by atoms with Gasteiger partial charge in [-0.05, 0) is 37.8 Å². The van der Waals surface area contributed by atoms with Crippen LogP contribution in [0.15, 0.2) is 42.0 Å². The fraction of sp³-hybridized carbons (Fsp3) is 0.474. The van der Waals surface area contributed by atoms with E-state index < -0.39 is 0 Å². The van der Waals surface area contributed by atoms with Gasteiger partial charge in [0.15, 0.2) is 0 Å². The van der Waals surface area contributed by atoms with Gasteiger partial charge >= 0.3 is 0 Å². The SMILES string of the molecule is CO[C@@H]1CCCC[C@]12CCC=C2C#Cc1ccccc1. The predicted molar refractivity (Wildman–Crippen MR) is 82.3 cm³/mol. The number of hydrogen-bond donors (Lipinski definition) is 0. The van der Waals surface area contributed by atoms with Crippen LogP contribution in [0.3, 0.4) is 0 Å². The monoisotopic (exact) mass is 266 g/mol. The topological polar surface area (TPSA) is 9.23 Å². The zero-order valence-corrected chi connectivity index (χ0v) is 12.2. The molecule has 20 heavy (non-hydrogen) atoms. The second-order valence-corrected chi connectivity index (χ2v) is 5.90. The Bertz CT molecular complexity index is 546. The van der Waals surface area contributed by atoms with Gasteiger partial charge in [0.25, 0.3) is 0 Å². The Labute approximate surface area is 122 Å². The minimum Gasteiger partial charge on any atom is -0.381 e. The molecule has 0 aliphatic heterocycles. The van der Waals surface area contributed by atoms with Gasteiger partial charge in [0, 0.05) is 23.7 Å². The summed E-state index contributed by atoms with van der Waals surface area (Å²) in [7, 11) is 1.86. The van der Waals surface area contributed by atoms with E-state index in [9.17, 15) is 0 Å². The summed E-state index contributed by atoms with van der Waals surface area (Å²) >= 11 is 0. The van der Waals surface area contributed by atoms with Gasteiger partial charge in [0.05, 0.1) is 6.10 Å². The van der Waals surface area contributed by atoms with Crippen LogP contribution >= 0.6 is 0 Å². The first-order valence-corrected chi connectivity index (χ1v) is 7.66. The van der Waals surface area contributed by atoms with Crippen LogP contribution < -0.4 is 0 Å². The van der Waals surface area contributed by atoms with Crippen molar-refractivity contribution in [2.24, 2.45) is 5.41 Å². The van der Waals surface area contributed by atoms with Gasteiger partial charge in [-0.25, -0.2) is 0 Å². The highest BCUT2D eigenvalue weighted by Crippen LogP contribution is 2.50. The normalized spacial score (nSPS) is 28.9. The first kappa shape index (κ1) is 13.5. The van der Waals surface area contributed by atoms with Gasteiger partial charge in [-0.2, -0.15) is 0 Å². The first-order chi connectivity index (χ1) is 9.85. The molecule has 0 radical (unpaired) electrons. The summed E-state index contributed by atoms with van der Waals surface area (Å²) in [6, 6.07) is 10.3. The summed E-state index contributed by atoms with van der Waals surface area (Å²) in [5, 5.41) is 0. The molecule has 1 saturated carbocycles. The molecule has 1 heteroatoms. The Morgan fingerprint density at radius 1 is 1.10 bits per heavy atom. The summed E-state index contributed by atoms with van der Waals surface area (Å²) in [6.07, 6.45) is 10.1. The number of benzene rings is 1. The Balaban J connectivity index is 1.87. The van der Waals surface area contributed by atoms with Crippen molar-refractivity contribution in [2.45, 2.75) is 44.6 Å². The summed E-state index contributed by atoms with van der Waals surface area (Å²) in [5.74, 6) is 6.78. The predicted octanol–water partition coefficient (Wildman–Crippen LogP) is 4.33. The van der Waals surface area contributed by atoms with Gasteiger partial charge in [-0.3, -0.25) is 0 Å². The third-order valence-corrected chi connectivity index (χ3v) is 4.83. The van der Waals surface area contributed by atoms with E-state index in [4.69, 9.17) is 4.74 Å². The van der Waals surface area contributed by atoms with E-state index in [2.05, 4.69) is 30.0 Å². The van der Waals surface area contributed by atoms with Crippen LogP contribution in [-0.4, -0.2) is 13.2 Å². The molecule has 1 fully saturated rings. The molecule has 2 atom stereocenters. The van der Waals surface area contributed by atoms with Crippen LogP contribution in [0.4, 0.5) is 0 Å². The fourth-order valence-electron chi connectivity index (χ4n) is 3.79. The molecule has 3 rings (SSSR count). The van der Waals surface area contributed by atoms with Crippen molar-refractivity contribution in [1.29, 1.82) is 0 Å². The number of allylic oxidation sites excluding steroid dienone is 1. The minimum absolute atomic E-state index is 0.203. The Morgan fingerprint density at radius 2 is 1.95 bits per heavy atom. The molecule has 1 aromatic carbocycles. The maximum atomic E-state index is 5.80. The van der Waals surface area contributed by atoms with Crippen molar-refractivity contribution in [3.05, 3.63) is 47.5 Å². The van der Waals surface area contributed by atoms with Crippen LogP contribution in [0, 0.1) is 17.3 Å². The standard InChI is InChI=1S/C19H22O/c1-20-18-11-5-6-14-19(18)15-7-10-17(19)13-12-16-8-3-2-4-9-16/h2-4,8-10,18H,5-7,11,14-15H2,1H3/t18-,19-/m1/s1. The van der Waals surface area contributed by atoms with Crippen molar-refractivity contribution < 1.29 is 4.74 Å². The van der Waals surface area contributed by atoms with Gasteiger partial charge in [-0.1, -0.05) is 49.0 Å². The van der Waals surface area contributed by atoms with Crippen LogP contribution in [0.25, 0.3) is 0 Å². The minimum atomic E-state index is 0.203. The average molecular weight is 266 g/mol. The van der Waals surface area contributed by atoms with Gasteiger partial charge < -0.3 is 4.74 Å². The van der Waals surface area contributed by atoms with Crippen molar-refractivity contribution in [1.82, 2.24) is 0 Å². The third kappa shape index (κ3) is 2.41. The summed E-state index contributed by atoms with van der Waals surface area (Å²) in [5.41, 5.74) is 2.63. The summed E-state index contributed by atoms with van der Waals surface area (Å²) in [4.78, 5) is 0. The quantitative estimate of drug-likeness (QED) is 0.687. The molecule has 2 aliphatic rings. The molecule has 0 saturated heterocycles. The number of rotatable bonds is 1. The smallest absolute Gasteiger partial charge is 0.0674 e. The maximum absolute atomic E-state index is 5.80. The molecular formula is C19H22O. The van der Waals surface area contributed by atoms with E-state index in [0.29, 0.717) is 6.10 Å². The molecule has 0 heterocycles. The summed E-state index contributed by atoms with van der Waals surface area (Å²) < 4.78 is 5.80. The zero-order valence-electron chi connectivity index (χ0n) is 12.2. The Kier molecular flexibility index (Phi) is 3.94. The molecule has 1 spiro atoms. The molecular weight excluding hydrogens is 244 g/mol. The van der Waals surface area contributed by atoms with E-state index in [-0.39, 0.29) is 5.41 Å². The molecule has 2 aliphatic carbocycles. The van der Waals surface area contributed by atoms with E-state index in [0.717, 1.165) is 12.0 Å². The molecule has 0 amide bonds. The Hall–Kier alpha value is -1.52. The largest absolute Gasteiger partial charge is 0.381 e. The second-order valence-electron chi connectivity index (χ2n) is 5.90. The van der Waals surface area contributed by atoms with Crippen molar-refractivity contribution in [3.63, 3.8) is 0 Å². The lowest BCUT2D eigenvalue weighted by atomic mass is 9.67. The molecule has 1 aromatic rings. The second kappa shape index (κ2) is 5.85. The molecule has 1 nitrogen and oxygen atoms in total. The van der Waals surface area contributed by atoms with E-state index in [1.807, 2.05) is 25.3 Å². The number of ether oxygens (including phenoxy) is 1. The van der Waals surface area contributed by atoms with Crippen molar-refractivity contribution >= 4 is 0 Å². The van der Waals surface area contributed by atoms with Gasteiger partial charge in [0.2, 0.25) is 0 Å². The highest BCUT2D eigenvalue weighted by atomic mass is 16.5. The number of hydrogen-bond acceptors (Lipinski definition) is 1. The fourth-order valence-corrected chi connectivity index (χ4v) is 3.79. The zero-order chi connectivity index (χ0) is 13.8. The van der Waals surface area contributed by atoms with Gasteiger partial charge in [-0.15, -0.1) is 0 Å². The van der Waals surface area contributed by atoms with E-state index >= 15 is 0 Å². The lowest BCUT2D eigenvalue weighted by Crippen LogP contribution is -2.39. The molecule has 0 N–H and O–H groups in total. The van der Waals surface area contributed by atoms with E-state index in [1.165, 1.54) is 37.7 Å². The average Bonchev–Trinajstić information content (AvgIpc) is 2.90. The maximum Gasteiger partial charge on any atom is 0.0674 e. The molecule has 0 aromatic heterocycles. The lowest BCUT2D eigenvalue weighted by molar-refractivity contribution is -0.0198.